The van der Waals surface area contributed by atoms with E-state index in [2.05, 4.69) is 17.3 Å². The van der Waals surface area contributed by atoms with E-state index in [4.69, 9.17) is 4.74 Å². The van der Waals surface area contributed by atoms with Gasteiger partial charge in [-0.2, -0.15) is 5.10 Å². The van der Waals surface area contributed by atoms with E-state index in [9.17, 15) is 4.79 Å². The predicted molar refractivity (Wildman–Crippen MR) is 82.3 cm³/mol. The van der Waals surface area contributed by atoms with Gasteiger partial charge in [0.1, 0.15) is 0 Å². The zero-order valence-corrected chi connectivity index (χ0v) is 12.7. The van der Waals surface area contributed by atoms with Crippen molar-refractivity contribution >= 4 is 11.7 Å². The fourth-order valence-corrected chi connectivity index (χ4v) is 2.24. The number of anilines is 1. The number of esters is 1. The number of aryl methyl sites for hydroxylation is 2. The highest BCUT2D eigenvalue weighted by atomic mass is 16.5. The second kappa shape index (κ2) is 6.92. The van der Waals surface area contributed by atoms with Crippen molar-refractivity contribution in [2.45, 2.75) is 26.8 Å². The van der Waals surface area contributed by atoms with Gasteiger partial charge < -0.3 is 10.1 Å². The molecule has 0 aliphatic rings. The number of aromatic nitrogens is 2. The summed E-state index contributed by atoms with van der Waals surface area (Å²) in [4.78, 5) is 11.9. The Kier molecular flexibility index (Phi) is 4.98. The van der Waals surface area contributed by atoms with Gasteiger partial charge >= 0.3 is 5.97 Å². The van der Waals surface area contributed by atoms with Crippen LogP contribution in [0.25, 0.3) is 0 Å². The number of hydrogen-bond acceptors (Lipinski definition) is 4. The van der Waals surface area contributed by atoms with E-state index in [-0.39, 0.29) is 5.97 Å². The average molecular weight is 287 g/mol. The lowest BCUT2D eigenvalue weighted by Crippen LogP contribution is -2.10. The number of carbonyl (C=O) groups excluding carboxylic acids is 1. The Morgan fingerprint density at radius 2 is 2.10 bits per heavy atom. The largest absolute Gasteiger partial charge is 0.462 e. The lowest BCUT2D eigenvalue weighted by Gasteiger charge is -2.11. The number of para-hydroxylation sites is 1. The second-order valence-corrected chi connectivity index (χ2v) is 4.75. The van der Waals surface area contributed by atoms with Crippen LogP contribution in [-0.4, -0.2) is 22.4 Å². The second-order valence-electron chi connectivity index (χ2n) is 4.75. The molecule has 1 aromatic heterocycles. The molecule has 5 heteroatoms. The SMILES string of the molecule is CCOC(=O)c1ccccc1NCc1cn(C)nc1CC. The fourth-order valence-electron chi connectivity index (χ4n) is 2.24. The molecule has 0 amide bonds. The molecule has 1 aromatic carbocycles. The molecule has 0 saturated heterocycles. The summed E-state index contributed by atoms with van der Waals surface area (Å²) in [7, 11) is 1.91. The van der Waals surface area contributed by atoms with E-state index in [0.29, 0.717) is 18.7 Å². The summed E-state index contributed by atoms with van der Waals surface area (Å²) in [6.45, 7) is 4.89. The van der Waals surface area contributed by atoms with Crippen LogP contribution in [0.1, 0.15) is 35.5 Å². The molecule has 2 rings (SSSR count). The van der Waals surface area contributed by atoms with Gasteiger partial charge in [0.05, 0.1) is 17.9 Å². The third kappa shape index (κ3) is 3.62. The number of ether oxygens (including phenoxy) is 1. The minimum Gasteiger partial charge on any atom is -0.462 e. The highest BCUT2D eigenvalue weighted by molar-refractivity contribution is 5.95. The van der Waals surface area contributed by atoms with Gasteiger partial charge in [-0.1, -0.05) is 19.1 Å². The van der Waals surface area contributed by atoms with Crippen molar-refractivity contribution in [2.24, 2.45) is 7.05 Å². The van der Waals surface area contributed by atoms with Gasteiger partial charge in [-0.25, -0.2) is 4.79 Å². The van der Waals surface area contributed by atoms with E-state index < -0.39 is 0 Å². The Balaban J connectivity index is 2.14. The average Bonchev–Trinajstić information content (AvgIpc) is 2.86. The van der Waals surface area contributed by atoms with E-state index >= 15 is 0 Å². The van der Waals surface area contributed by atoms with E-state index in [0.717, 1.165) is 23.4 Å². The summed E-state index contributed by atoms with van der Waals surface area (Å²) in [5.41, 5.74) is 3.54. The molecule has 5 nitrogen and oxygen atoms in total. The summed E-state index contributed by atoms with van der Waals surface area (Å²) in [5.74, 6) is -0.303. The molecule has 21 heavy (non-hydrogen) atoms. The number of nitrogens with zero attached hydrogens (tertiary/aromatic N) is 2. The number of carbonyl (C=O) groups is 1. The number of benzene rings is 1. The van der Waals surface area contributed by atoms with Crippen molar-refractivity contribution in [1.29, 1.82) is 0 Å². The smallest absolute Gasteiger partial charge is 0.340 e. The Morgan fingerprint density at radius 3 is 2.81 bits per heavy atom. The number of rotatable bonds is 6. The zero-order chi connectivity index (χ0) is 15.2. The van der Waals surface area contributed by atoms with Crippen LogP contribution in [0.4, 0.5) is 5.69 Å². The molecule has 0 bridgehead atoms. The maximum atomic E-state index is 11.9. The molecule has 0 aliphatic carbocycles. The van der Waals surface area contributed by atoms with Crippen molar-refractivity contribution in [3.63, 3.8) is 0 Å². The molecule has 1 heterocycles. The van der Waals surface area contributed by atoms with Crippen LogP contribution >= 0.6 is 0 Å². The normalized spacial score (nSPS) is 10.4. The lowest BCUT2D eigenvalue weighted by molar-refractivity contribution is 0.0527. The highest BCUT2D eigenvalue weighted by Gasteiger charge is 2.12. The summed E-state index contributed by atoms with van der Waals surface area (Å²) in [6, 6.07) is 7.38. The Bertz CT molecular complexity index is 620. The van der Waals surface area contributed by atoms with Gasteiger partial charge in [-0.3, -0.25) is 4.68 Å². The zero-order valence-electron chi connectivity index (χ0n) is 12.7. The minimum atomic E-state index is -0.303. The maximum absolute atomic E-state index is 11.9. The third-order valence-electron chi connectivity index (χ3n) is 3.22. The molecule has 0 saturated carbocycles. The third-order valence-corrected chi connectivity index (χ3v) is 3.22. The quantitative estimate of drug-likeness (QED) is 0.830. The first-order valence-electron chi connectivity index (χ1n) is 7.17. The van der Waals surface area contributed by atoms with E-state index in [1.165, 1.54) is 0 Å². The molecule has 0 aliphatic heterocycles. The van der Waals surface area contributed by atoms with Crippen LogP contribution in [0.3, 0.4) is 0 Å². The van der Waals surface area contributed by atoms with Gasteiger partial charge in [-0.15, -0.1) is 0 Å². The van der Waals surface area contributed by atoms with Crippen molar-refractivity contribution in [1.82, 2.24) is 9.78 Å². The summed E-state index contributed by atoms with van der Waals surface area (Å²) in [6.07, 6.45) is 2.89. The van der Waals surface area contributed by atoms with Crippen LogP contribution < -0.4 is 5.32 Å². The van der Waals surface area contributed by atoms with Crippen molar-refractivity contribution in [3.8, 4) is 0 Å². The molecule has 1 N–H and O–H groups in total. The maximum Gasteiger partial charge on any atom is 0.340 e. The predicted octanol–water partition coefficient (Wildman–Crippen LogP) is 2.77. The highest BCUT2D eigenvalue weighted by Crippen LogP contribution is 2.18. The fraction of sp³-hybridized carbons (Fsp3) is 0.375. The molecule has 0 unspecified atom stereocenters. The van der Waals surface area contributed by atoms with E-state index in [1.807, 2.05) is 36.1 Å². The van der Waals surface area contributed by atoms with Crippen LogP contribution in [0.5, 0.6) is 0 Å². The van der Waals surface area contributed by atoms with Crippen LogP contribution in [-0.2, 0) is 24.8 Å². The van der Waals surface area contributed by atoms with Crippen LogP contribution in [0.15, 0.2) is 30.5 Å². The standard InChI is InChI=1S/C16H21N3O2/c1-4-14-12(11-19(3)18-14)10-17-15-9-7-6-8-13(15)16(20)21-5-2/h6-9,11,17H,4-5,10H2,1-3H3. The monoisotopic (exact) mass is 287 g/mol. The molecule has 0 atom stereocenters. The van der Waals surface area contributed by atoms with Crippen molar-refractivity contribution in [2.75, 3.05) is 11.9 Å². The van der Waals surface area contributed by atoms with Crippen molar-refractivity contribution in [3.05, 3.63) is 47.3 Å². The number of nitrogens with one attached hydrogen (secondary N) is 1. The van der Waals surface area contributed by atoms with Crippen LogP contribution in [0.2, 0.25) is 0 Å². The first-order chi connectivity index (χ1) is 10.2. The van der Waals surface area contributed by atoms with Crippen molar-refractivity contribution < 1.29 is 9.53 Å². The number of hydrogen-bond donors (Lipinski definition) is 1. The minimum absolute atomic E-state index is 0.303. The van der Waals surface area contributed by atoms with Gasteiger partial charge in [0, 0.05) is 31.0 Å². The summed E-state index contributed by atoms with van der Waals surface area (Å²) in [5, 5.41) is 7.72. The van der Waals surface area contributed by atoms with Gasteiger partial charge in [0.15, 0.2) is 0 Å². The van der Waals surface area contributed by atoms with E-state index in [1.54, 1.807) is 13.0 Å². The molecular weight excluding hydrogens is 266 g/mol. The Labute approximate surface area is 124 Å². The first kappa shape index (κ1) is 15.1. The van der Waals surface area contributed by atoms with Gasteiger partial charge in [0.25, 0.3) is 0 Å². The molecule has 0 fully saturated rings. The molecule has 112 valence electrons. The van der Waals surface area contributed by atoms with Gasteiger partial charge in [0.2, 0.25) is 0 Å². The molecule has 2 aromatic rings. The first-order valence-corrected chi connectivity index (χ1v) is 7.17. The van der Waals surface area contributed by atoms with Crippen LogP contribution in [0, 0.1) is 0 Å². The summed E-state index contributed by atoms with van der Waals surface area (Å²) < 4.78 is 6.89. The van der Waals surface area contributed by atoms with Gasteiger partial charge in [-0.05, 0) is 25.5 Å². The molecule has 0 radical (unpaired) electrons. The Morgan fingerprint density at radius 1 is 1.33 bits per heavy atom. The molecule has 0 spiro atoms. The summed E-state index contributed by atoms with van der Waals surface area (Å²) >= 11 is 0. The lowest BCUT2D eigenvalue weighted by atomic mass is 10.1. The Hall–Kier alpha value is -2.30. The topological polar surface area (TPSA) is 56.1 Å². The molecular formula is C16H21N3O2.